The Labute approximate surface area is 173 Å². The van der Waals surface area contributed by atoms with Crippen molar-refractivity contribution in [1.82, 2.24) is 9.21 Å². The average Bonchev–Trinajstić information content (AvgIpc) is 2.97. The molecule has 2 fully saturated rings. The minimum Gasteiger partial charge on any atom is -0.338 e. The topological polar surface area (TPSA) is 57.7 Å². The number of benzene rings is 1. The fourth-order valence-corrected chi connectivity index (χ4v) is 5.88. The maximum atomic E-state index is 13.1. The Morgan fingerprint density at radius 1 is 1.03 bits per heavy atom. The molecule has 0 aromatic heterocycles. The third kappa shape index (κ3) is 5.06. The number of amides is 1. The Bertz CT molecular complexity index is 853. The molecule has 0 N–H and O–H groups in total. The first-order chi connectivity index (χ1) is 13.6. The summed E-state index contributed by atoms with van der Waals surface area (Å²) in [5.41, 5.74) is 0.0330. The third-order valence-electron chi connectivity index (χ3n) is 5.53. The summed E-state index contributed by atoms with van der Waals surface area (Å²) in [4.78, 5) is 13.8. The van der Waals surface area contributed by atoms with E-state index < -0.39 is 34.6 Å². The summed E-state index contributed by atoms with van der Waals surface area (Å²) in [5, 5.41) is -0.00221. The molecule has 0 aliphatic carbocycles. The van der Waals surface area contributed by atoms with E-state index in [1.807, 2.05) is 0 Å². The van der Waals surface area contributed by atoms with Crippen LogP contribution in [-0.4, -0.2) is 55.9 Å². The van der Waals surface area contributed by atoms with Gasteiger partial charge in [-0.3, -0.25) is 4.79 Å². The Balaban J connectivity index is 1.85. The van der Waals surface area contributed by atoms with E-state index >= 15 is 0 Å². The lowest BCUT2D eigenvalue weighted by Gasteiger charge is -2.33. The third-order valence-corrected chi connectivity index (χ3v) is 7.91. The lowest BCUT2D eigenvalue weighted by molar-refractivity contribution is -0.184. The SMILES string of the molecule is O=C(c1ccc(Cl)c(S(=O)(=O)N2CCCCCC2)c1)N1CCC[C@@H](C(F)(F)F)C1. The summed E-state index contributed by atoms with van der Waals surface area (Å²) in [6.45, 7) is 0.563. The fourth-order valence-electron chi connectivity index (χ4n) is 3.87. The van der Waals surface area contributed by atoms with Crippen molar-refractivity contribution in [1.29, 1.82) is 0 Å². The number of piperidine rings is 1. The van der Waals surface area contributed by atoms with E-state index in [9.17, 15) is 26.4 Å². The first-order valence-electron chi connectivity index (χ1n) is 9.76. The highest BCUT2D eigenvalue weighted by Crippen LogP contribution is 2.34. The van der Waals surface area contributed by atoms with Gasteiger partial charge in [-0.2, -0.15) is 17.5 Å². The summed E-state index contributed by atoms with van der Waals surface area (Å²) in [5.74, 6) is -2.17. The lowest BCUT2D eigenvalue weighted by Crippen LogP contribution is -2.44. The van der Waals surface area contributed by atoms with E-state index in [1.165, 1.54) is 22.5 Å². The first kappa shape index (κ1) is 22.4. The second-order valence-corrected chi connectivity index (χ2v) is 9.91. The summed E-state index contributed by atoms with van der Waals surface area (Å²) in [6, 6.07) is 3.89. The van der Waals surface area contributed by atoms with Crippen molar-refractivity contribution in [3.8, 4) is 0 Å². The number of hydrogen-bond acceptors (Lipinski definition) is 3. The Morgan fingerprint density at radius 3 is 2.31 bits per heavy atom. The molecule has 2 aliphatic rings. The number of sulfonamides is 1. The smallest absolute Gasteiger partial charge is 0.338 e. The molecule has 10 heteroatoms. The molecule has 1 amide bonds. The van der Waals surface area contributed by atoms with Crippen LogP contribution in [-0.2, 0) is 10.0 Å². The van der Waals surface area contributed by atoms with Crippen molar-refractivity contribution < 1.29 is 26.4 Å². The fraction of sp³-hybridized carbons (Fsp3) is 0.632. The van der Waals surface area contributed by atoms with Gasteiger partial charge in [0, 0.05) is 31.7 Å². The van der Waals surface area contributed by atoms with Gasteiger partial charge in [0.05, 0.1) is 10.9 Å². The number of hydrogen-bond donors (Lipinski definition) is 0. The minimum absolute atomic E-state index is 0.00221. The zero-order valence-corrected chi connectivity index (χ0v) is 17.5. The number of carbonyl (C=O) groups is 1. The number of likely N-dealkylation sites (tertiary alicyclic amines) is 1. The number of halogens is 4. The molecule has 1 aromatic rings. The minimum atomic E-state index is -4.36. The maximum absolute atomic E-state index is 13.1. The molecular formula is C19H24ClF3N2O3S. The summed E-state index contributed by atoms with van der Waals surface area (Å²) >= 11 is 6.13. The molecule has 0 radical (unpaired) electrons. The molecule has 2 aliphatic heterocycles. The van der Waals surface area contributed by atoms with Gasteiger partial charge in [0.25, 0.3) is 5.91 Å². The van der Waals surface area contributed by atoms with Crippen LogP contribution in [0.4, 0.5) is 13.2 Å². The Kier molecular flexibility index (Phi) is 6.80. The number of nitrogens with zero attached hydrogens (tertiary/aromatic N) is 2. The van der Waals surface area contributed by atoms with Crippen LogP contribution in [0.1, 0.15) is 48.9 Å². The lowest BCUT2D eigenvalue weighted by atomic mass is 9.97. The predicted octanol–water partition coefficient (Wildman–Crippen LogP) is 4.32. The van der Waals surface area contributed by atoms with Gasteiger partial charge < -0.3 is 4.90 Å². The van der Waals surface area contributed by atoms with Gasteiger partial charge in [-0.15, -0.1) is 0 Å². The van der Waals surface area contributed by atoms with Gasteiger partial charge >= 0.3 is 6.18 Å². The molecule has 5 nitrogen and oxygen atoms in total. The Morgan fingerprint density at radius 2 is 1.69 bits per heavy atom. The normalized spacial score (nSPS) is 22.3. The van der Waals surface area contributed by atoms with Crippen molar-refractivity contribution in [2.45, 2.75) is 49.6 Å². The molecular weight excluding hydrogens is 429 g/mol. The van der Waals surface area contributed by atoms with Crippen molar-refractivity contribution >= 4 is 27.5 Å². The highest BCUT2D eigenvalue weighted by Gasteiger charge is 2.43. The van der Waals surface area contributed by atoms with Crippen molar-refractivity contribution in [2.75, 3.05) is 26.2 Å². The first-order valence-corrected chi connectivity index (χ1v) is 11.6. The standard InChI is InChI=1S/C19H24ClF3N2O3S/c20-16-8-7-14(18(26)24-9-5-6-15(13-24)19(21,22)23)12-17(16)29(27,28)25-10-3-1-2-4-11-25/h7-8,12,15H,1-6,9-11,13H2/t15-/m1/s1. The van der Waals surface area contributed by atoms with E-state index in [4.69, 9.17) is 11.6 Å². The molecule has 1 aromatic carbocycles. The Hall–Kier alpha value is -1.32. The average molecular weight is 453 g/mol. The van der Waals surface area contributed by atoms with Crippen LogP contribution in [0, 0.1) is 5.92 Å². The molecule has 0 bridgehead atoms. The van der Waals surface area contributed by atoms with Gasteiger partial charge in [-0.05, 0) is 43.9 Å². The maximum Gasteiger partial charge on any atom is 0.393 e. The molecule has 3 rings (SSSR count). The van der Waals surface area contributed by atoms with Gasteiger partial charge in [0.2, 0.25) is 10.0 Å². The number of alkyl halides is 3. The molecule has 0 unspecified atom stereocenters. The van der Waals surface area contributed by atoms with Crippen LogP contribution in [0.15, 0.2) is 23.1 Å². The number of carbonyl (C=O) groups excluding carboxylic acids is 1. The highest BCUT2D eigenvalue weighted by molar-refractivity contribution is 7.89. The molecule has 2 saturated heterocycles. The van der Waals surface area contributed by atoms with E-state index in [2.05, 4.69) is 0 Å². The van der Waals surface area contributed by atoms with E-state index in [0.29, 0.717) is 13.1 Å². The monoisotopic (exact) mass is 452 g/mol. The predicted molar refractivity (Wildman–Crippen MR) is 103 cm³/mol. The van der Waals surface area contributed by atoms with Gasteiger partial charge in [0.15, 0.2) is 0 Å². The van der Waals surface area contributed by atoms with E-state index in [-0.39, 0.29) is 34.9 Å². The largest absolute Gasteiger partial charge is 0.393 e. The quantitative estimate of drug-likeness (QED) is 0.686. The second-order valence-electron chi connectivity index (χ2n) is 7.60. The highest BCUT2D eigenvalue weighted by atomic mass is 35.5. The summed E-state index contributed by atoms with van der Waals surface area (Å²) < 4.78 is 66.7. The van der Waals surface area contributed by atoms with Gasteiger partial charge in [-0.25, -0.2) is 8.42 Å². The summed E-state index contributed by atoms with van der Waals surface area (Å²) in [7, 11) is -3.89. The van der Waals surface area contributed by atoms with Crippen LogP contribution in [0.3, 0.4) is 0 Å². The zero-order chi connectivity index (χ0) is 21.2. The van der Waals surface area contributed by atoms with Crippen LogP contribution in [0.5, 0.6) is 0 Å². The second kappa shape index (κ2) is 8.81. The van der Waals surface area contributed by atoms with E-state index in [1.54, 1.807) is 0 Å². The molecule has 0 spiro atoms. The zero-order valence-electron chi connectivity index (χ0n) is 15.9. The molecule has 2 heterocycles. The summed E-state index contributed by atoms with van der Waals surface area (Å²) in [6.07, 6.45) is -0.712. The molecule has 1 atom stereocenters. The number of rotatable bonds is 3. The van der Waals surface area contributed by atoms with Crippen LogP contribution < -0.4 is 0 Å². The molecule has 0 saturated carbocycles. The molecule has 162 valence electrons. The van der Waals surface area contributed by atoms with Crippen LogP contribution >= 0.6 is 11.6 Å². The molecule has 29 heavy (non-hydrogen) atoms. The van der Waals surface area contributed by atoms with Gasteiger partial charge in [-0.1, -0.05) is 24.4 Å². The van der Waals surface area contributed by atoms with Crippen LogP contribution in [0.25, 0.3) is 0 Å². The van der Waals surface area contributed by atoms with Crippen molar-refractivity contribution in [3.63, 3.8) is 0 Å². The van der Waals surface area contributed by atoms with Crippen molar-refractivity contribution in [3.05, 3.63) is 28.8 Å². The van der Waals surface area contributed by atoms with Crippen molar-refractivity contribution in [2.24, 2.45) is 5.92 Å². The van der Waals surface area contributed by atoms with Crippen LogP contribution in [0.2, 0.25) is 5.02 Å². The van der Waals surface area contributed by atoms with E-state index in [0.717, 1.165) is 30.6 Å². The van der Waals surface area contributed by atoms with Gasteiger partial charge in [0.1, 0.15) is 4.90 Å².